The van der Waals surface area contributed by atoms with E-state index in [4.69, 9.17) is 16.3 Å². The van der Waals surface area contributed by atoms with Gasteiger partial charge in [0.05, 0.1) is 12.2 Å². The van der Waals surface area contributed by atoms with Crippen LogP contribution in [0.3, 0.4) is 0 Å². The van der Waals surface area contributed by atoms with E-state index in [1.165, 1.54) is 18.3 Å². The predicted molar refractivity (Wildman–Crippen MR) is 83.5 cm³/mol. The maximum absolute atomic E-state index is 11.6. The number of carboxylic acids is 1. The quantitative estimate of drug-likeness (QED) is 0.636. The van der Waals surface area contributed by atoms with Crippen LogP contribution in [0.4, 0.5) is 0 Å². The zero-order valence-corrected chi connectivity index (χ0v) is 12.6. The molecule has 0 bridgehead atoms. The minimum Gasteiger partial charge on any atom is -0.545 e. The molecule has 2 aromatic carbocycles. The summed E-state index contributed by atoms with van der Waals surface area (Å²) in [7, 11) is 0. The van der Waals surface area contributed by atoms with E-state index >= 15 is 0 Å². The molecule has 2 rings (SSSR count). The molecule has 6 nitrogen and oxygen atoms in total. The molecular weight excluding hydrogens is 320 g/mol. The number of carboxylic acid groups (broad SMARTS) is 1. The van der Waals surface area contributed by atoms with Crippen molar-refractivity contribution in [2.45, 2.75) is 0 Å². The number of nitrogens with one attached hydrogen (secondary N) is 1. The smallest absolute Gasteiger partial charge is 0.277 e. The Morgan fingerprint density at radius 2 is 1.78 bits per heavy atom. The van der Waals surface area contributed by atoms with E-state index in [1.54, 1.807) is 36.4 Å². The van der Waals surface area contributed by atoms with E-state index in [-0.39, 0.29) is 12.2 Å². The number of halogens is 1. The fourth-order valence-corrected chi connectivity index (χ4v) is 1.72. The molecule has 23 heavy (non-hydrogen) atoms. The van der Waals surface area contributed by atoms with Crippen molar-refractivity contribution in [3.63, 3.8) is 0 Å². The van der Waals surface area contributed by atoms with Crippen molar-refractivity contribution in [2.24, 2.45) is 5.10 Å². The number of rotatable bonds is 6. The predicted octanol–water partition coefficient (Wildman–Crippen LogP) is 1.23. The van der Waals surface area contributed by atoms with Gasteiger partial charge in [-0.1, -0.05) is 35.9 Å². The number of amides is 1. The number of benzene rings is 2. The first-order chi connectivity index (χ1) is 11.0. The van der Waals surface area contributed by atoms with Crippen LogP contribution in [0, 0.1) is 0 Å². The van der Waals surface area contributed by atoms with Gasteiger partial charge in [0, 0.05) is 5.02 Å². The molecule has 0 unspecified atom stereocenters. The standard InChI is InChI=1S/C16H13ClN2O4/c17-13-5-7-14(8-6-13)23-10-15(20)19-18-9-11-1-3-12(4-2-11)16(21)22/h1-9H,10H2,(H,19,20)(H,21,22)/p-1. The molecule has 0 fully saturated rings. The van der Waals surface area contributed by atoms with Gasteiger partial charge in [0.15, 0.2) is 6.61 Å². The van der Waals surface area contributed by atoms with E-state index < -0.39 is 11.9 Å². The third-order valence-electron chi connectivity index (χ3n) is 2.73. The van der Waals surface area contributed by atoms with Crippen molar-refractivity contribution in [2.75, 3.05) is 6.61 Å². The first kappa shape index (κ1) is 16.5. The van der Waals surface area contributed by atoms with Crippen molar-refractivity contribution in [1.82, 2.24) is 5.43 Å². The highest BCUT2D eigenvalue weighted by Gasteiger charge is 2.01. The fraction of sp³-hybridized carbons (Fsp3) is 0.0625. The van der Waals surface area contributed by atoms with Gasteiger partial charge in [0.25, 0.3) is 5.91 Å². The third-order valence-corrected chi connectivity index (χ3v) is 2.98. The summed E-state index contributed by atoms with van der Waals surface area (Å²) in [6.07, 6.45) is 1.39. The summed E-state index contributed by atoms with van der Waals surface area (Å²) < 4.78 is 5.25. The second-order valence-corrected chi connectivity index (χ2v) is 4.88. The molecule has 0 aliphatic rings. The average Bonchev–Trinajstić information content (AvgIpc) is 2.55. The second kappa shape index (κ2) is 7.95. The van der Waals surface area contributed by atoms with E-state index in [9.17, 15) is 14.7 Å². The lowest BCUT2D eigenvalue weighted by molar-refractivity contribution is -0.255. The van der Waals surface area contributed by atoms with Crippen LogP contribution in [-0.2, 0) is 4.79 Å². The molecule has 0 spiro atoms. The zero-order chi connectivity index (χ0) is 16.7. The first-order valence-electron chi connectivity index (χ1n) is 6.56. The Balaban J connectivity index is 1.79. The summed E-state index contributed by atoms with van der Waals surface area (Å²) in [6, 6.07) is 12.5. The van der Waals surface area contributed by atoms with Crippen LogP contribution < -0.4 is 15.3 Å². The normalized spacial score (nSPS) is 10.5. The van der Waals surface area contributed by atoms with Gasteiger partial charge >= 0.3 is 0 Å². The van der Waals surface area contributed by atoms with Crippen LogP contribution in [-0.4, -0.2) is 24.7 Å². The second-order valence-electron chi connectivity index (χ2n) is 4.45. The highest BCUT2D eigenvalue weighted by molar-refractivity contribution is 6.30. The number of aromatic carboxylic acids is 1. The molecule has 2 aromatic rings. The van der Waals surface area contributed by atoms with Crippen LogP contribution in [0.1, 0.15) is 15.9 Å². The minimum atomic E-state index is -1.25. The lowest BCUT2D eigenvalue weighted by Gasteiger charge is -2.04. The Kier molecular flexibility index (Phi) is 5.71. The molecule has 1 amide bonds. The molecule has 0 saturated carbocycles. The van der Waals surface area contributed by atoms with E-state index in [0.717, 1.165) is 0 Å². The molecule has 0 saturated heterocycles. The van der Waals surface area contributed by atoms with Crippen molar-refractivity contribution in [3.8, 4) is 5.75 Å². The Labute approximate surface area is 137 Å². The lowest BCUT2D eigenvalue weighted by Crippen LogP contribution is -2.24. The topological polar surface area (TPSA) is 90.8 Å². The fourth-order valence-electron chi connectivity index (χ4n) is 1.60. The van der Waals surface area contributed by atoms with Crippen LogP contribution >= 0.6 is 11.6 Å². The van der Waals surface area contributed by atoms with Crippen molar-refractivity contribution >= 4 is 29.7 Å². The summed E-state index contributed by atoms with van der Waals surface area (Å²) in [4.78, 5) is 22.2. The highest BCUT2D eigenvalue weighted by atomic mass is 35.5. The Hall–Kier alpha value is -2.86. The number of carbonyl (C=O) groups is 2. The molecule has 0 aliphatic carbocycles. The van der Waals surface area contributed by atoms with Crippen molar-refractivity contribution < 1.29 is 19.4 Å². The van der Waals surface area contributed by atoms with Crippen LogP contribution in [0.2, 0.25) is 5.02 Å². The molecule has 0 atom stereocenters. The number of carbonyl (C=O) groups excluding carboxylic acids is 2. The monoisotopic (exact) mass is 331 g/mol. The molecule has 0 radical (unpaired) electrons. The zero-order valence-electron chi connectivity index (χ0n) is 11.9. The van der Waals surface area contributed by atoms with E-state index in [1.807, 2.05) is 0 Å². The van der Waals surface area contributed by atoms with Gasteiger partial charge in [-0.25, -0.2) is 5.43 Å². The molecule has 0 aliphatic heterocycles. The van der Waals surface area contributed by atoms with Crippen molar-refractivity contribution in [1.29, 1.82) is 0 Å². The average molecular weight is 332 g/mol. The maximum atomic E-state index is 11.6. The summed E-state index contributed by atoms with van der Waals surface area (Å²) in [5.41, 5.74) is 3.01. The van der Waals surface area contributed by atoms with Gasteiger partial charge in [-0.3, -0.25) is 4.79 Å². The highest BCUT2D eigenvalue weighted by Crippen LogP contribution is 2.15. The Morgan fingerprint density at radius 1 is 1.13 bits per heavy atom. The van der Waals surface area contributed by atoms with Gasteiger partial charge in [-0.2, -0.15) is 5.10 Å². The largest absolute Gasteiger partial charge is 0.545 e. The van der Waals surface area contributed by atoms with Gasteiger partial charge < -0.3 is 14.6 Å². The summed E-state index contributed by atoms with van der Waals surface area (Å²) >= 11 is 5.74. The molecule has 0 aromatic heterocycles. The SMILES string of the molecule is O=C(COc1ccc(Cl)cc1)NN=Cc1ccc(C(=O)[O-])cc1. The summed E-state index contributed by atoms with van der Waals surface area (Å²) in [5, 5.41) is 14.9. The number of ether oxygens (including phenoxy) is 1. The molecule has 118 valence electrons. The van der Waals surface area contributed by atoms with Gasteiger partial charge in [-0.05, 0) is 35.4 Å². The number of hydrazone groups is 1. The van der Waals surface area contributed by atoms with E-state index in [0.29, 0.717) is 16.3 Å². The van der Waals surface area contributed by atoms with Gasteiger partial charge in [-0.15, -0.1) is 0 Å². The third kappa shape index (κ3) is 5.44. The molecular formula is C16H12ClN2O4-. The van der Waals surface area contributed by atoms with Crippen LogP contribution in [0.15, 0.2) is 53.6 Å². The number of nitrogens with zero attached hydrogens (tertiary/aromatic N) is 1. The number of hydrogen-bond acceptors (Lipinski definition) is 5. The summed E-state index contributed by atoms with van der Waals surface area (Å²) in [6.45, 7) is -0.192. The Bertz CT molecular complexity index is 712. The van der Waals surface area contributed by atoms with Gasteiger partial charge in [0.2, 0.25) is 0 Å². The van der Waals surface area contributed by atoms with Gasteiger partial charge in [0.1, 0.15) is 5.75 Å². The number of hydrogen-bond donors (Lipinski definition) is 1. The maximum Gasteiger partial charge on any atom is 0.277 e. The van der Waals surface area contributed by atoms with E-state index in [2.05, 4.69) is 10.5 Å². The van der Waals surface area contributed by atoms with Crippen molar-refractivity contribution in [3.05, 3.63) is 64.7 Å². The first-order valence-corrected chi connectivity index (χ1v) is 6.94. The minimum absolute atomic E-state index is 0.0718. The summed E-state index contributed by atoms with van der Waals surface area (Å²) in [5.74, 6) is -1.16. The van der Waals surface area contributed by atoms with Crippen LogP contribution in [0.25, 0.3) is 0 Å². The lowest BCUT2D eigenvalue weighted by atomic mass is 10.1. The Morgan fingerprint density at radius 3 is 2.39 bits per heavy atom. The molecule has 1 N–H and O–H groups in total. The molecule has 0 heterocycles. The van der Waals surface area contributed by atoms with Crippen LogP contribution in [0.5, 0.6) is 5.75 Å². The molecule has 7 heteroatoms.